The second kappa shape index (κ2) is 7.51. The Kier molecular flexibility index (Phi) is 5.52. The van der Waals surface area contributed by atoms with Gasteiger partial charge >= 0.3 is 0 Å². The molecule has 26 heavy (non-hydrogen) atoms. The lowest BCUT2D eigenvalue weighted by Gasteiger charge is -2.17. The summed E-state index contributed by atoms with van der Waals surface area (Å²) >= 11 is 10.5. The maximum atomic E-state index is 13.0. The average molecular weight is 475 g/mol. The smallest absolute Gasteiger partial charge is 0.269 e. The Labute approximate surface area is 168 Å². The molecule has 0 spiro atoms. The molecule has 0 fully saturated rings. The summed E-state index contributed by atoms with van der Waals surface area (Å²) in [6, 6.07) is 11.9. The third-order valence-corrected chi connectivity index (χ3v) is 7.24. The Hall–Kier alpha value is -1.68. The van der Waals surface area contributed by atoms with Gasteiger partial charge in [0.1, 0.15) is 15.7 Å². The van der Waals surface area contributed by atoms with Crippen molar-refractivity contribution in [2.45, 2.75) is 4.90 Å². The van der Waals surface area contributed by atoms with Gasteiger partial charge in [-0.25, -0.2) is 12.7 Å². The molecular weight excluding hydrogens is 462 g/mol. The van der Waals surface area contributed by atoms with Crippen LogP contribution in [0.5, 0.6) is 5.75 Å². The van der Waals surface area contributed by atoms with Crippen LogP contribution in [0.25, 0.3) is 10.6 Å². The first kappa shape index (κ1) is 19.1. The number of sulfonamides is 1. The number of ether oxygens (including phenoxy) is 1. The van der Waals surface area contributed by atoms with E-state index in [-0.39, 0.29) is 15.8 Å². The predicted molar refractivity (Wildman–Crippen MR) is 107 cm³/mol. The lowest BCUT2D eigenvalue weighted by Crippen LogP contribution is -2.26. The second-order valence-electron chi connectivity index (χ2n) is 5.16. The topological polar surface area (TPSA) is 72.4 Å². The molecule has 0 N–H and O–H groups in total. The van der Waals surface area contributed by atoms with Gasteiger partial charge in [0.15, 0.2) is 0 Å². The van der Waals surface area contributed by atoms with Crippen LogP contribution in [0.4, 0.5) is 5.13 Å². The molecule has 3 aromatic rings. The summed E-state index contributed by atoms with van der Waals surface area (Å²) in [4.78, 5) is -0.0320. The molecule has 136 valence electrons. The fraction of sp³-hybridized carbons (Fsp3) is 0.125. The monoisotopic (exact) mass is 473 g/mol. The van der Waals surface area contributed by atoms with Crippen LogP contribution < -0.4 is 9.04 Å². The molecule has 10 heteroatoms. The van der Waals surface area contributed by atoms with E-state index in [1.807, 2.05) is 24.3 Å². The van der Waals surface area contributed by atoms with Crippen molar-refractivity contribution in [2.24, 2.45) is 0 Å². The number of halogens is 2. The van der Waals surface area contributed by atoms with E-state index in [1.165, 1.54) is 37.6 Å². The normalized spacial score (nSPS) is 11.4. The number of anilines is 1. The molecule has 0 bridgehead atoms. The first-order valence-corrected chi connectivity index (χ1v) is 10.7. The third kappa shape index (κ3) is 3.71. The third-order valence-electron chi connectivity index (χ3n) is 3.54. The highest BCUT2D eigenvalue weighted by Crippen LogP contribution is 2.34. The number of hydrogen-bond donors (Lipinski definition) is 0. The number of hydrogen-bond acceptors (Lipinski definition) is 6. The highest BCUT2D eigenvalue weighted by Gasteiger charge is 2.28. The summed E-state index contributed by atoms with van der Waals surface area (Å²) in [5, 5.41) is 9.26. The van der Waals surface area contributed by atoms with Crippen molar-refractivity contribution in [3.8, 4) is 16.3 Å². The summed E-state index contributed by atoms with van der Waals surface area (Å²) in [7, 11) is -1.09. The van der Waals surface area contributed by atoms with Crippen molar-refractivity contribution < 1.29 is 13.2 Å². The van der Waals surface area contributed by atoms with Gasteiger partial charge in [-0.05, 0) is 30.3 Å². The SMILES string of the molecule is COc1ccc(Cl)cc1S(=O)(=O)N(C)c1nnc(-c2ccc(Br)cc2)s1. The summed E-state index contributed by atoms with van der Waals surface area (Å²) in [6.07, 6.45) is 0. The van der Waals surface area contributed by atoms with Gasteiger partial charge < -0.3 is 4.74 Å². The summed E-state index contributed by atoms with van der Waals surface area (Å²) in [6.45, 7) is 0. The van der Waals surface area contributed by atoms with Gasteiger partial charge in [-0.2, -0.15) is 0 Å². The van der Waals surface area contributed by atoms with Crippen LogP contribution in [0, 0.1) is 0 Å². The Morgan fingerprint density at radius 3 is 2.50 bits per heavy atom. The van der Waals surface area contributed by atoms with E-state index in [0.717, 1.165) is 14.3 Å². The molecule has 0 aliphatic carbocycles. The van der Waals surface area contributed by atoms with Crippen LogP contribution in [0.15, 0.2) is 51.8 Å². The first-order valence-electron chi connectivity index (χ1n) is 7.25. The molecule has 0 saturated carbocycles. The molecule has 0 saturated heterocycles. The number of rotatable bonds is 5. The Morgan fingerprint density at radius 2 is 1.85 bits per heavy atom. The fourth-order valence-corrected chi connectivity index (χ4v) is 5.00. The number of aromatic nitrogens is 2. The van der Waals surface area contributed by atoms with Crippen molar-refractivity contribution in [1.29, 1.82) is 0 Å². The van der Waals surface area contributed by atoms with Crippen molar-refractivity contribution >= 4 is 54.0 Å². The zero-order chi connectivity index (χ0) is 18.9. The van der Waals surface area contributed by atoms with E-state index in [2.05, 4.69) is 26.1 Å². The minimum absolute atomic E-state index is 0.0320. The van der Waals surface area contributed by atoms with Crippen molar-refractivity contribution in [3.63, 3.8) is 0 Å². The first-order chi connectivity index (χ1) is 12.3. The lowest BCUT2D eigenvalue weighted by atomic mass is 10.2. The summed E-state index contributed by atoms with van der Waals surface area (Å²) < 4.78 is 33.1. The van der Waals surface area contributed by atoms with Crippen LogP contribution in [0.1, 0.15) is 0 Å². The second-order valence-corrected chi connectivity index (χ2v) is 9.41. The standard InChI is InChI=1S/C16H13BrClN3O3S2/c1-21(26(22,23)14-9-12(18)7-8-13(14)24-2)16-20-19-15(25-16)10-3-5-11(17)6-4-10/h3-9H,1-2H3. The van der Waals surface area contributed by atoms with Gasteiger partial charge in [-0.1, -0.05) is 51.0 Å². The number of benzene rings is 2. The van der Waals surface area contributed by atoms with Gasteiger partial charge in [0.25, 0.3) is 10.0 Å². The van der Waals surface area contributed by atoms with E-state index in [4.69, 9.17) is 16.3 Å². The van der Waals surface area contributed by atoms with Crippen LogP contribution in [-0.2, 0) is 10.0 Å². The van der Waals surface area contributed by atoms with E-state index >= 15 is 0 Å². The lowest BCUT2D eigenvalue weighted by molar-refractivity contribution is 0.402. The summed E-state index contributed by atoms with van der Waals surface area (Å²) in [5.41, 5.74) is 0.850. The Bertz CT molecular complexity index is 1040. The molecule has 2 aromatic carbocycles. The van der Waals surface area contributed by atoms with E-state index in [1.54, 1.807) is 6.07 Å². The summed E-state index contributed by atoms with van der Waals surface area (Å²) in [5.74, 6) is 0.207. The van der Waals surface area contributed by atoms with Gasteiger partial charge in [-0.3, -0.25) is 0 Å². The van der Waals surface area contributed by atoms with Gasteiger partial charge in [0.2, 0.25) is 5.13 Å². The Balaban J connectivity index is 1.98. The minimum Gasteiger partial charge on any atom is -0.495 e. The molecule has 0 aliphatic rings. The van der Waals surface area contributed by atoms with Crippen LogP contribution >= 0.6 is 38.9 Å². The minimum atomic E-state index is -3.91. The quantitative estimate of drug-likeness (QED) is 0.546. The zero-order valence-corrected chi connectivity index (χ0v) is 17.7. The van der Waals surface area contributed by atoms with Gasteiger partial charge in [-0.15, -0.1) is 10.2 Å². The maximum Gasteiger partial charge on any atom is 0.269 e. The molecule has 0 aliphatic heterocycles. The average Bonchev–Trinajstić information content (AvgIpc) is 3.11. The van der Waals surface area contributed by atoms with Gasteiger partial charge in [0, 0.05) is 22.1 Å². The maximum absolute atomic E-state index is 13.0. The molecule has 1 heterocycles. The zero-order valence-electron chi connectivity index (χ0n) is 13.7. The molecule has 0 amide bonds. The van der Waals surface area contributed by atoms with E-state index in [0.29, 0.717) is 10.0 Å². The highest BCUT2D eigenvalue weighted by molar-refractivity contribution is 9.10. The molecule has 3 rings (SSSR count). The Morgan fingerprint density at radius 1 is 1.15 bits per heavy atom. The fourth-order valence-electron chi connectivity index (χ4n) is 2.15. The van der Waals surface area contributed by atoms with E-state index < -0.39 is 10.0 Å². The predicted octanol–water partition coefficient (Wildman–Crippen LogP) is 4.45. The molecule has 0 unspecified atom stereocenters. The molecular formula is C16H13BrClN3O3S2. The highest BCUT2D eigenvalue weighted by atomic mass is 79.9. The molecule has 0 atom stereocenters. The van der Waals surface area contributed by atoms with Gasteiger partial charge in [0.05, 0.1) is 7.11 Å². The van der Waals surface area contributed by atoms with Crippen LogP contribution in [-0.4, -0.2) is 32.8 Å². The molecule has 1 aromatic heterocycles. The number of nitrogens with zero attached hydrogens (tertiary/aromatic N) is 3. The van der Waals surface area contributed by atoms with E-state index in [9.17, 15) is 8.42 Å². The van der Waals surface area contributed by atoms with Crippen LogP contribution in [0.2, 0.25) is 5.02 Å². The molecule has 0 radical (unpaired) electrons. The van der Waals surface area contributed by atoms with Crippen molar-refractivity contribution in [1.82, 2.24) is 10.2 Å². The molecule has 6 nitrogen and oxygen atoms in total. The van der Waals surface area contributed by atoms with Crippen molar-refractivity contribution in [2.75, 3.05) is 18.5 Å². The van der Waals surface area contributed by atoms with Crippen LogP contribution in [0.3, 0.4) is 0 Å². The number of methoxy groups -OCH3 is 1. The largest absolute Gasteiger partial charge is 0.495 e. The van der Waals surface area contributed by atoms with Crippen molar-refractivity contribution in [3.05, 3.63) is 52.0 Å².